The summed E-state index contributed by atoms with van der Waals surface area (Å²) in [6, 6.07) is 0. The van der Waals surface area contributed by atoms with Crippen molar-refractivity contribution in [1.29, 1.82) is 0 Å². The van der Waals surface area contributed by atoms with E-state index >= 15 is 0 Å². The van der Waals surface area contributed by atoms with Gasteiger partial charge >= 0.3 is 0 Å². The zero-order chi connectivity index (χ0) is 10.5. The number of carbonyl (C=O) groups excluding carboxylic acids is 1. The van der Waals surface area contributed by atoms with Crippen LogP contribution in [0.4, 0.5) is 0 Å². The third-order valence-electron chi connectivity index (χ3n) is 1.90. The van der Waals surface area contributed by atoms with Crippen LogP contribution >= 0.6 is 0 Å². The Bertz CT molecular complexity index is 226. The number of rotatable bonds is 0. The van der Waals surface area contributed by atoms with Gasteiger partial charge in [-0.25, -0.2) is 0 Å². The quantitative estimate of drug-likeness (QED) is 0.557. The molecule has 1 aliphatic rings. The first kappa shape index (κ1) is 12.2. The molecule has 0 aromatic heterocycles. The smallest absolute Gasteiger partial charge is 0.178 e. The highest BCUT2D eigenvalue weighted by Crippen LogP contribution is 2.29. The standard InChI is InChI=1S/C10H14O.C2H6/c1-10(2,3)8-5-4-6-9(11)7-8;1-2/h4,6-7H,5H2,1-3H3;1-2H3. The summed E-state index contributed by atoms with van der Waals surface area (Å²) in [6.07, 6.45) is 6.24. The van der Waals surface area contributed by atoms with Gasteiger partial charge in [0.05, 0.1) is 0 Å². The molecule has 0 saturated heterocycles. The summed E-state index contributed by atoms with van der Waals surface area (Å²) in [5, 5.41) is 0. The maximum atomic E-state index is 11.0. The van der Waals surface area contributed by atoms with Gasteiger partial charge < -0.3 is 0 Å². The van der Waals surface area contributed by atoms with E-state index in [-0.39, 0.29) is 11.2 Å². The molecule has 0 fully saturated rings. The zero-order valence-electron chi connectivity index (χ0n) is 9.35. The number of carbonyl (C=O) groups is 1. The van der Waals surface area contributed by atoms with Crippen LogP contribution < -0.4 is 0 Å². The van der Waals surface area contributed by atoms with E-state index in [9.17, 15) is 4.79 Å². The Morgan fingerprint density at radius 2 is 1.77 bits per heavy atom. The van der Waals surface area contributed by atoms with Crippen LogP contribution in [0.15, 0.2) is 23.8 Å². The van der Waals surface area contributed by atoms with Crippen molar-refractivity contribution in [3.63, 3.8) is 0 Å². The second kappa shape index (κ2) is 5.00. The number of hydrogen-bond donors (Lipinski definition) is 0. The predicted molar refractivity (Wildman–Crippen MR) is 57.7 cm³/mol. The first-order valence-electron chi connectivity index (χ1n) is 4.92. The van der Waals surface area contributed by atoms with Gasteiger partial charge in [0.25, 0.3) is 0 Å². The minimum Gasteiger partial charge on any atom is -0.290 e. The Balaban J connectivity index is 0.000000671. The summed E-state index contributed by atoms with van der Waals surface area (Å²) >= 11 is 0. The van der Waals surface area contributed by atoms with Crippen LogP contribution in [-0.4, -0.2) is 5.78 Å². The Morgan fingerprint density at radius 3 is 2.08 bits per heavy atom. The highest BCUT2D eigenvalue weighted by molar-refractivity contribution is 6.00. The Labute approximate surface area is 81.5 Å². The lowest BCUT2D eigenvalue weighted by atomic mass is 9.82. The molecule has 0 amide bonds. The normalized spacial score (nSPS) is 16.1. The van der Waals surface area contributed by atoms with Crippen LogP contribution in [0.2, 0.25) is 0 Å². The van der Waals surface area contributed by atoms with Crippen molar-refractivity contribution in [3.8, 4) is 0 Å². The van der Waals surface area contributed by atoms with Gasteiger partial charge in [-0.15, -0.1) is 0 Å². The molecule has 0 aliphatic heterocycles. The van der Waals surface area contributed by atoms with Crippen molar-refractivity contribution < 1.29 is 4.79 Å². The van der Waals surface area contributed by atoms with Crippen molar-refractivity contribution >= 4 is 5.78 Å². The summed E-state index contributed by atoms with van der Waals surface area (Å²) < 4.78 is 0. The molecule has 1 heteroatoms. The molecule has 0 spiro atoms. The van der Waals surface area contributed by atoms with Crippen molar-refractivity contribution in [2.24, 2.45) is 5.41 Å². The predicted octanol–water partition coefficient (Wildman–Crippen LogP) is 3.51. The molecule has 1 aliphatic carbocycles. The number of ketones is 1. The van der Waals surface area contributed by atoms with Gasteiger partial charge in [0, 0.05) is 0 Å². The molecule has 13 heavy (non-hydrogen) atoms. The average Bonchev–Trinajstić information content (AvgIpc) is 2.06. The first-order chi connectivity index (χ1) is 6.00. The van der Waals surface area contributed by atoms with Gasteiger partial charge in [-0.2, -0.15) is 0 Å². The van der Waals surface area contributed by atoms with Gasteiger partial charge in [-0.1, -0.05) is 46.3 Å². The Kier molecular flexibility index (Phi) is 4.68. The van der Waals surface area contributed by atoms with Gasteiger partial charge in [-0.05, 0) is 24.0 Å². The molecule has 74 valence electrons. The molecule has 0 atom stereocenters. The largest absolute Gasteiger partial charge is 0.290 e. The monoisotopic (exact) mass is 180 g/mol. The Morgan fingerprint density at radius 1 is 1.23 bits per heavy atom. The van der Waals surface area contributed by atoms with Crippen LogP contribution in [0.5, 0.6) is 0 Å². The molecule has 1 rings (SSSR count). The zero-order valence-corrected chi connectivity index (χ0v) is 9.35. The molecule has 0 unspecified atom stereocenters. The van der Waals surface area contributed by atoms with Crippen LogP contribution in [0.3, 0.4) is 0 Å². The van der Waals surface area contributed by atoms with Gasteiger partial charge in [0.15, 0.2) is 5.78 Å². The van der Waals surface area contributed by atoms with E-state index in [1.54, 1.807) is 12.2 Å². The summed E-state index contributed by atoms with van der Waals surface area (Å²) in [5.74, 6) is 0.126. The van der Waals surface area contributed by atoms with E-state index < -0.39 is 0 Å². The van der Waals surface area contributed by atoms with E-state index in [1.165, 1.54) is 5.57 Å². The molecule has 1 nitrogen and oxygen atoms in total. The van der Waals surface area contributed by atoms with Crippen LogP contribution in [-0.2, 0) is 4.79 Å². The summed E-state index contributed by atoms with van der Waals surface area (Å²) in [5.41, 5.74) is 1.37. The fraction of sp³-hybridized carbons (Fsp3) is 0.583. The first-order valence-corrected chi connectivity index (χ1v) is 4.92. The lowest BCUT2D eigenvalue weighted by Gasteiger charge is -2.23. The molecule has 0 N–H and O–H groups in total. The van der Waals surface area contributed by atoms with Crippen LogP contribution in [0.1, 0.15) is 41.0 Å². The van der Waals surface area contributed by atoms with Crippen molar-refractivity contribution in [2.75, 3.05) is 0 Å². The topological polar surface area (TPSA) is 17.1 Å². The van der Waals surface area contributed by atoms with Crippen molar-refractivity contribution in [2.45, 2.75) is 41.0 Å². The average molecular weight is 180 g/mol. The third-order valence-corrected chi connectivity index (χ3v) is 1.90. The fourth-order valence-corrected chi connectivity index (χ4v) is 1.10. The molecule has 0 radical (unpaired) electrons. The number of hydrogen-bond acceptors (Lipinski definition) is 1. The van der Waals surface area contributed by atoms with Crippen molar-refractivity contribution in [3.05, 3.63) is 23.8 Å². The van der Waals surface area contributed by atoms with E-state index in [1.807, 2.05) is 19.9 Å². The summed E-state index contributed by atoms with van der Waals surface area (Å²) in [7, 11) is 0. The van der Waals surface area contributed by atoms with Gasteiger partial charge in [0.2, 0.25) is 0 Å². The minimum atomic E-state index is 0.126. The lowest BCUT2D eigenvalue weighted by Crippen LogP contribution is -2.12. The van der Waals surface area contributed by atoms with Gasteiger partial charge in [-0.3, -0.25) is 4.79 Å². The highest BCUT2D eigenvalue weighted by Gasteiger charge is 2.18. The summed E-state index contributed by atoms with van der Waals surface area (Å²) in [6.45, 7) is 10.4. The third kappa shape index (κ3) is 4.07. The number of allylic oxidation sites excluding steroid dienone is 4. The lowest BCUT2D eigenvalue weighted by molar-refractivity contribution is -0.110. The van der Waals surface area contributed by atoms with E-state index in [0.717, 1.165) is 6.42 Å². The molecular weight excluding hydrogens is 160 g/mol. The van der Waals surface area contributed by atoms with Crippen LogP contribution in [0, 0.1) is 5.41 Å². The maximum Gasteiger partial charge on any atom is 0.178 e. The summed E-state index contributed by atoms with van der Waals surface area (Å²) in [4.78, 5) is 11.0. The molecule has 0 aromatic carbocycles. The van der Waals surface area contributed by atoms with Crippen molar-refractivity contribution in [1.82, 2.24) is 0 Å². The molecule has 0 bridgehead atoms. The molecule has 0 heterocycles. The Hall–Kier alpha value is -0.850. The van der Waals surface area contributed by atoms with Crippen LogP contribution in [0.25, 0.3) is 0 Å². The fourth-order valence-electron chi connectivity index (χ4n) is 1.10. The van der Waals surface area contributed by atoms with Gasteiger partial charge in [0.1, 0.15) is 0 Å². The highest BCUT2D eigenvalue weighted by atomic mass is 16.1. The minimum absolute atomic E-state index is 0.126. The maximum absolute atomic E-state index is 11.0. The second-order valence-corrected chi connectivity index (χ2v) is 3.93. The SMILES string of the molecule is CC.CC(C)(C)C1=CC(=O)C=CC1. The molecule has 0 aromatic rings. The van der Waals surface area contributed by atoms with E-state index in [2.05, 4.69) is 20.8 Å². The molecular formula is C12H20O. The second-order valence-electron chi connectivity index (χ2n) is 3.93. The molecule has 0 saturated carbocycles. The van der Waals surface area contributed by atoms with E-state index in [4.69, 9.17) is 0 Å². The van der Waals surface area contributed by atoms with E-state index in [0.29, 0.717) is 0 Å².